The highest BCUT2D eigenvalue weighted by Gasteiger charge is 1.79. The molecule has 0 saturated heterocycles. The van der Waals surface area contributed by atoms with Crippen LogP contribution < -0.4 is 4.43 Å². The van der Waals surface area contributed by atoms with Gasteiger partial charge in [-0.05, 0) is 6.92 Å². The Labute approximate surface area is 91.0 Å². The molecule has 0 aliphatic carbocycles. The molecule has 0 atom stereocenters. The van der Waals surface area contributed by atoms with E-state index in [0.29, 0.717) is 0 Å². The molecule has 1 aromatic rings. The van der Waals surface area contributed by atoms with Crippen molar-refractivity contribution >= 4 is 54.7 Å². The molecule has 54 valence electrons. The minimum absolute atomic E-state index is 0. The van der Waals surface area contributed by atoms with Crippen LogP contribution in [0.3, 0.4) is 0 Å². The van der Waals surface area contributed by atoms with Crippen molar-refractivity contribution < 1.29 is 0 Å². The van der Waals surface area contributed by atoms with Crippen LogP contribution in [0.1, 0.15) is 5.56 Å². The first-order valence-corrected chi connectivity index (χ1v) is 3.19. The van der Waals surface area contributed by atoms with Gasteiger partial charge in [0.2, 0.25) is 0 Å². The lowest BCUT2D eigenvalue weighted by molar-refractivity contribution is 1.50. The second-order valence-electron chi connectivity index (χ2n) is 1.91. The number of rotatable bonds is 0. The summed E-state index contributed by atoms with van der Waals surface area (Å²) in [6, 6.07) is 8.34. The zero-order valence-corrected chi connectivity index (χ0v) is 10.3. The average Bonchev–Trinajstić information content (AvgIpc) is 1.64. The van der Waals surface area contributed by atoms with Crippen LogP contribution in [0.5, 0.6) is 0 Å². The van der Waals surface area contributed by atoms with Crippen LogP contribution in [0.2, 0.25) is 0 Å². The van der Waals surface area contributed by atoms with E-state index in [0.717, 1.165) is 0 Å². The molecule has 0 heterocycles. The molecule has 0 bridgehead atoms. The van der Waals surface area contributed by atoms with Crippen molar-refractivity contribution in [2.75, 3.05) is 0 Å². The van der Waals surface area contributed by atoms with E-state index in [9.17, 15) is 0 Å². The van der Waals surface area contributed by atoms with Crippen LogP contribution in [0.15, 0.2) is 24.3 Å². The van der Waals surface area contributed by atoms with Crippen molar-refractivity contribution in [3.05, 3.63) is 29.8 Å². The molecule has 3 heteroatoms. The van der Waals surface area contributed by atoms with Crippen molar-refractivity contribution in [1.82, 2.24) is 0 Å². The molecule has 0 amide bonds. The highest BCUT2D eigenvalue weighted by Crippen LogP contribution is 1.89. The molecule has 0 spiro atoms. The van der Waals surface area contributed by atoms with Gasteiger partial charge in [0.05, 0.1) is 0 Å². The van der Waals surface area contributed by atoms with Crippen LogP contribution in [0.25, 0.3) is 0 Å². The van der Waals surface area contributed by atoms with Crippen molar-refractivity contribution in [1.29, 1.82) is 0 Å². The molecule has 0 fully saturated rings. The summed E-state index contributed by atoms with van der Waals surface area (Å²) >= 11 is 2.66. The molecule has 0 aliphatic heterocycles. The maximum atomic E-state index is 2.66. The first-order valence-electron chi connectivity index (χ1n) is 2.61. The fourth-order valence-electron chi connectivity index (χ4n) is 0.670. The number of aryl methyl sites for hydroxylation is 1. The van der Waals surface area contributed by atoms with Gasteiger partial charge in [0.1, 0.15) is 0 Å². The maximum absolute atomic E-state index is 2.66. The normalized spacial score (nSPS) is 7.30. The Kier molecular flexibility index (Phi) is 8.55. The molecule has 0 aliphatic rings. The highest BCUT2D eigenvalue weighted by atomic mass is 79.9. The number of benzene rings is 1. The van der Waals surface area contributed by atoms with E-state index < -0.39 is 0 Å². The summed E-state index contributed by atoms with van der Waals surface area (Å²) in [5, 5.41) is 0. The van der Waals surface area contributed by atoms with Crippen LogP contribution in [0.4, 0.5) is 0 Å². The number of halogens is 2. The predicted molar refractivity (Wildman–Crippen MR) is 57.2 cm³/mol. The predicted octanol–water partition coefficient (Wildman–Crippen LogP) is 1.94. The van der Waals surface area contributed by atoms with Crippen molar-refractivity contribution in [2.24, 2.45) is 0 Å². The van der Waals surface area contributed by atoms with Gasteiger partial charge in [0.25, 0.3) is 0 Å². The Bertz CT molecular complexity index is 171. The van der Waals surface area contributed by atoms with Crippen LogP contribution >= 0.6 is 34.0 Å². The quantitative estimate of drug-likeness (QED) is 0.637. The fourth-order valence-corrected chi connectivity index (χ4v) is 1.04. The van der Waals surface area contributed by atoms with Gasteiger partial charge in [-0.1, -0.05) is 29.8 Å². The van der Waals surface area contributed by atoms with E-state index in [-0.39, 0.29) is 34.0 Å². The topological polar surface area (TPSA) is 0 Å². The molecule has 0 N–H and O–H groups in total. The van der Waals surface area contributed by atoms with Gasteiger partial charge in [-0.3, -0.25) is 0 Å². The largest absolute Gasteiger partial charge is 0.175 e. The molecule has 0 unspecified atom stereocenters. The zero-order chi connectivity index (χ0) is 5.98. The summed E-state index contributed by atoms with van der Waals surface area (Å²) in [6.45, 7) is 2.09. The van der Waals surface area contributed by atoms with E-state index in [1.807, 2.05) is 0 Å². The lowest BCUT2D eigenvalue weighted by Gasteiger charge is -1.92. The van der Waals surface area contributed by atoms with Crippen LogP contribution in [-0.2, 0) is 0 Å². The third-order valence-electron chi connectivity index (χ3n) is 1.04. The van der Waals surface area contributed by atoms with E-state index in [2.05, 4.69) is 47.5 Å². The van der Waals surface area contributed by atoms with E-state index in [4.69, 9.17) is 0 Å². The lowest BCUT2D eigenvalue weighted by Crippen LogP contribution is -1.99. The summed E-state index contributed by atoms with van der Waals surface area (Å²) in [6.07, 6.45) is 0. The highest BCUT2D eigenvalue weighted by molar-refractivity contribution is 8.93. The number of hydrogen-bond acceptors (Lipinski definition) is 0. The van der Waals surface area contributed by atoms with Crippen molar-refractivity contribution in [3.63, 3.8) is 0 Å². The standard InChI is InChI=1S/C7H7.Al.2BrH/c1-7-5-3-2-4-6-7;;;/h2-3,5-6H,1H3;;2*1H. The minimum Gasteiger partial charge on any atom is -0.139 e. The van der Waals surface area contributed by atoms with Crippen LogP contribution in [-0.4, -0.2) is 16.3 Å². The Morgan fingerprint density at radius 2 is 1.80 bits per heavy atom. The third-order valence-corrected chi connectivity index (χ3v) is 1.40. The first kappa shape index (κ1) is 13.3. The average molecular weight is 280 g/mol. The molecule has 0 nitrogen and oxygen atoms in total. The van der Waals surface area contributed by atoms with Gasteiger partial charge < -0.3 is 0 Å². The Hall–Kier alpha value is 0.712. The molecular weight excluding hydrogens is 271 g/mol. The van der Waals surface area contributed by atoms with E-state index in [1.165, 1.54) is 9.99 Å². The summed E-state index contributed by atoms with van der Waals surface area (Å²) in [5.41, 5.74) is 1.32. The lowest BCUT2D eigenvalue weighted by atomic mass is 10.2. The molecule has 1 aromatic carbocycles. The van der Waals surface area contributed by atoms with Crippen LogP contribution in [0, 0.1) is 6.92 Å². The zero-order valence-electron chi connectivity index (χ0n) is 5.70. The monoisotopic (exact) mass is 278 g/mol. The second-order valence-corrected chi connectivity index (χ2v) is 2.58. The van der Waals surface area contributed by atoms with Gasteiger partial charge in [0.15, 0.2) is 16.3 Å². The number of hydrogen-bond donors (Lipinski definition) is 0. The smallest absolute Gasteiger partial charge is 0.139 e. The summed E-state index contributed by atoms with van der Waals surface area (Å²) in [7, 11) is 0. The molecule has 1 rings (SSSR count). The second kappa shape index (κ2) is 6.42. The van der Waals surface area contributed by atoms with Gasteiger partial charge in [-0.15, -0.1) is 38.4 Å². The molecular formula is C7H9AlBr2. The van der Waals surface area contributed by atoms with Gasteiger partial charge in [-0.25, -0.2) is 0 Å². The van der Waals surface area contributed by atoms with Gasteiger partial charge in [-0.2, -0.15) is 0 Å². The SMILES string of the molecule is Br.Br.Cc1ccc[c]([Al])c1. The van der Waals surface area contributed by atoms with E-state index in [1.54, 1.807) is 0 Å². The Morgan fingerprint density at radius 3 is 2.10 bits per heavy atom. The Balaban J connectivity index is 0. The molecule has 0 saturated carbocycles. The fraction of sp³-hybridized carbons (Fsp3) is 0.143. The minimum atomic E-state index is 0. The van der Waals surface area contributed by atoms with Gasteiger partial charge in [0, 0.05) is 0 Å². The molecule has 0 aromatic heterocycles. The maximum Gasteiger partial charge on any atom is 0.175 e. The van der Waals surface area contributed by atoms with Crippen molar-refractivity contribution in [2.45, 2.75) is 6.92 Å². The van der Waals surface area contributed by atoms with Crippen molar-refractivity contribution in [3.8, 4) is 0 Å². The summed E-state index contributed by atoms with van der Waals surface area (Å²) < 4.78 is 1.25. The molecule has 2 radical (unpaired) electrons. The Morgan fingerprint density at radius 1 is 1.20 bits per heavy atom. The first-order chi connectivity index (χ1) is 3.79. The summed E-state index contributed by atoms with van der Waals surface area (Å²) in [5.74, 6) is 0. The summed E-state index contributed by atoms with van der Waals surface area (Å²) in [4.78, 5) is 0. The van der Waals surface area contributed by atoms with E-state index >= 15 is 0 Å². The van der Waals surface area contributed by atoms with Gasteiger partial charge >= 0.3 is 0 Å². The molecule has 10 heavy (non-hydrogen) atoms. The third kappa shape index (κ3) is 4.52.